The summed E-state index contributed by atoms with van der Waals surface area (Å²) in [6.07, 6.45) is 3.10. The molecule has 0 bridgehead atoms. The zero-order chi connectivity index (χ0) is 13.5. The van der Waals surface area contributed by atoms with Gasteiger partial charge in [-0.1, -0.05) is 6.92 Å². The number of thioether (sulfide) groups is 1. The van der Waals surface area contributed by atoms with Crippen LogP contribution in [0.5, 0.6) is 0 Å². The van der Waals surface area contributed by atoms with Crippen LogP contribution >= 0.6 is 23.3 Å². The van der Waals surface area contributed by atoms with E-state index in [9.17, 15) is 4.79 Å². The molecular weight excluding hydrogens is 270 g/mol. The molecule has 1 rings (SSSR count). The molecule has 0 amide bonds. The number of nitrogen functional groups attached to an aromatic ring is 1. The molecule has 7 heteroatoms. The number of hydrogen-bond donors (Lipinski definition) is 2. The summed E-state index contributed by atoms with van der Waals surface area (Å²) >= 11 is 3.01. The van der Waals surface area contributed by atoms with Gasteiger partial charge in [0.15, 0.2) is 5.82 Å². The van der Waals surface area contributed by atoms with Gasteiger partial charge in [0.2, 0.25) is 0 Å². The molecule has 0 aromatic carbocycles. The Labute approximate surface area is 116 Å². The van der Waals surface area contributed by atoms with Crippen molar-refractivity contribution in [1.29, 1.82) is 0 Å². The number of hydrogen-bond acceptors (Lipinski definition) is 7. The molecule has 3 N–H and O–H groups in total. The molecule has 1 aromatic rings. The minimum Gasteiger partial charge on any atom is -0.462 e. The minimum absolute atomic E-state index is 0.235. The summed E-state index contributed by atoms with van der Waals surface area (Å²) in [5.41, 5.74) is 6.04. The maximum atomic E-state index is 11.7. The molecule has 0 aliphatic rings. The third-order valence-electron chi connectivity index (χ3n) is 2.44. The highest BCUT2D eigenvalue weighted by molar-refractivity contribution is 7.99. The van der Waals surface area contributed by atoms with Gasteiger partial charge in [-0.3, -0.25) is 0 Å². The predicted molar refractivity (Wildman–Crippen MR) is 78.6 cm³/mol. The number of carbonyl (C=O) groups excluding carboxylic acids is 1. The monoisotopic (exact) mass is 289 g/mol. The molecule has 0 radical (unpaired) electrons. The Kier molecular flexibility index (Phi) is 6.28. The van der Waals surface area contributed by atoms with Crippen LogP contribution in [0.3, 0.4) is 0 Å². The third-order valence-corrected chi connectivity index (χ3v) is 4.30. The first kappa shape index (κ1) is 15.1. The van der Waals surface area contributed by atoms with E-state index in [2.05, 4.69) is 22.9 Å². The fourth-order valence-corrected chi connectivity index (χ4v) is 2.41. The third kappa shape index (κ3) is 4.06. The van der Waals surface area contributed by atoms with Crippen LogP contribution < -0.4 is 11.1 Å². The van der Waals surface area contributed by atoms with Gasteiger partial charge >= 0.3 is 5.97 Å². The van der Waals surface area contributed by atoms with E-state index in [1.807, 2.05) is 11.8 Å². The number of ether oxygens (including phenoxy) is 1. The Morgan fingerprint density at radius 2 is 2.39 bits per heavy atom. The lowest BCUT2D eigenvalue weighted by molar-refractivity contribution is 0.0529. The van der Waals surface area contributed by atoms with Crippen LogP contribution in [0.15, 0.2) is 0 Å². The number of aromatic nitrogens is 1. The first-order chi connectivity index (χ1) is 8.60. The highest BCUT2D eigenvalue weighted by Crippen LogP contribution is 2.27. The number of nitrogens with two attached hydrogens (primary N) is 1. The van der Waals surface area contributed by atoms with E-state index in [0.717, 1.165) is 13.0 Å². The maximum Gasteiger partial charge on any atom is 0.344 e. The lowest BCUT2D eigenvalue weighted by atomic mass is 10.3. The number of carbonyl (C=O) groups is 1. The van der Waals surface area contributed by atoms with Crippen molar-refractivity contribution in [2.45, 2.75) is 25.5 Å². The lowest BCUT2D eigenvalue weighted by Gasteiger charge is -2.09. The van der Waals surface area contributed by atoms with Gasteiger partial charge < -0.3 is 15.8 Å². The van der Waals surface area contributed by atoms with Crippen molar-refractivity contribution in [1.82, 2.24) is 4.37 Å². The van der Waals surface area contributed by atoms with E-state index < -0.39 is 5.97 Å². The van der Waals surface area contributed by atoms with Crippen LogP contribution in [0.25, 0.3) is 0 Å². The van der Waals surface area contributed by atoms with Crippen LogP contribution in [-0.4, -0.2) is 35.0 Å². The smallest absolute Gasteiger partial charge is 0.344 e. The second-order valence-electron chi connectivity index (χ2n) is 3.75. The Balaban J connectivity index is 2.63. The first-order valence-corrected chi connectivity index (χ1v) is 7.85. The average molecular weight is 289 g/mol. The Bertz CT molecular complexity index is 396. The van der Waals surface area contributed by atoms with Crippen molar-refractivity contribution < 1.29 is 9.53 Å². The van der Waals surface area contributed by atoms with Crippen molar-refractivity contribution in [3.63, 3.8) is 0 Å². The van der Waals surface area contributed by atoms with Crippen LogP contribution in [0.1, 0.15) is 30.6 Å². The van der Waals surface area contributed by atoms with E-state index in [-0.39, 0.29) is 5.82 Å². The highest BCUT2D eigenvalue weighted by Gasteiger charge is 2.20. The molecule has 5 nitrogen and oxygen atoms in total. The molecule has 1 heterocycles. The zero-order valence-corrected chi connectivity index (χ0v) is 12.5. The number of esters is 1. The van der Waals surface area contributed by atoms with E-state index in [1.165, 1.54) is 11.5 Å². The van der Waals surface area contributed by atoms with E-state index in [4.69, 9.17) is 10.5 Å². The molecule has 1 unspecified atom stereocenters. The Hall–Kier alpha value is -0.950. The summed E-state index contributed by atoms with van der Waals surface area (Å²) < 4.78 is 8.95. The number of nitrogens with one attached hydrogen (secondary N) is 1. The summed E-state index contributed by atoms with van der Waals surface area (Å²) in [4.78, 5) is 11.7. The highest BCUT2D eigenvalue weighted by atomic mass is 32.2. The summed E-state index contributed by atoms with van der Waals surface area (Å²) in [5, 5.41) is 4.47. The van der Waals surface area contributed by atoms with Crippen LogP contribution in [0.2, 0.25) is 0 Å². The van der Waals surface area contributed by atoms with Crippen LogP contribution in [0.4, 0.5) is 10.8 Å². The minimum atomic E-state index is -0.413. The topological polar surface area (TPSA) is 77.2 Å². The number of rotatable bonds is 7. The van der Waals surface area contributed by atoms with Crippen LogP contribution in [0, 0.1) is 0 Å². The standard InChI is InChI=1S/C11H19N3O2S2/c1-4-16-11(15)8-9(12)14-18-10(8)13-6-5-7(2)17-3/h7,13H,4-6H2,1-3H3,(H2,12,14). The quantitative estimate of drug-likeness (QED) is 0.751. The predicted octanol–water partition coefficient (Wildman–Crippen LogP) is 2.46. The molecule has 0 spiro atoms. The summed E-state index contributed by atoms with van der Waals surface area (Å²) in [6.45, 7) is 5.05. The Morgan fingerprint density at radius 1 is 1.67 bits per heavy atom. The number of nitrogens with zero attached hydrogens (tertiary/aromatic N) is 1. The number of anilines is 2. The summed E-state index contributed by atoms with van der Waals surface area (Å²) in [7, 11) is 0. The first-order valence-electron chi connectivity index (χ1n) is 5.79. The van der Waals surface area contributed by atoms with Gasteiger partial charge in [0.25, 0.3) is 0 Å². The largest absolute Gasteiger partial charge is 0.462 e. The van der Waals surface area contributed by atoms with Gasteiger partial charge in [0.1, 0.15) is 10.6 Å². The molecular formula is C11H19N3O2S2. The molecule has 0 aliphatic heterocycles. The second-order valence-corrected chi connectivity index (χ2v) is 5.80. The molecule has 18 heavy (non-hydrogen) atoms. The van der Waals surface area contributed by atoms with E-state index in [0.29, 0.717) is 22.4 Å². The zero-order valence-electron chi connectivity index (χ0n) is 10.9. The lowest BCUT2D eigenvalue weighted by Crippen LogP contribution is -2.12. The van der Waals surface area contributed by atoms with Gasteiger partial charge in [0.05, 0.1) is 6.61 Å². The van der Waals surface area contributed by atoms with E-state index >= 15 is 0 Å². The molecule has 102 valence electrons. The normalized spacial score (nSPS) is 12.2. The molecule has 0 saturated carbocycles. The fourth-order valence-electron chi connectivity index (χ4n) is 1.33. The van der Waals surface area contributed by atoms with Crippen molar-refractivity contribution in [2.75, 3.05) is 30.5 Å². The van der Waals surface area contributed by atoms with Gasteiger partial charge in [-0.25, -0.2) is 4.79 Å². The van der Waals surface area contributed by atoms with Gasteiger partial charge in [0, 0.05) is 11.8 Å². The van der Waals surface area contributed by atoms with Gasteiger partial charge in [-0.2, -0.15) is 16.1 Å². The summed E-state index contributed by atoms with van der Waals surface area (Å²) in [6, 6.07) is 0. The van der Waals surface area contributed by atoms with E-state index in [1.54, 1.807) is 6.92 Å². The molecule has 0 saturated heterocycles. The molecule has 1 atom stereocenters. The second kappa shape index (κ2) is 7.48. The van der Waals surface area contributed by atoms with Gasteiger partial charge in [-0.15, -0.1) is 0 Å². The molecule has 0 aliphatic carbocycles. The molecule has 1 aromatic heterocycles. The van der Waals surface area contributed by atoms with Crippen molar-refractivity contribution in [3.8, 4) is 0 Å². The van der Waals surface area contributed by atoms with Crippen molar-refractivity contribution in [3.05, 3.63) is 5.56 Å². The Morgan fingerprint density at radius 3 is 3.00 bits per heavy atom. The maximum absolute atomic E-state index is 11.7. The fraction of sp³-hybridized carbons (Fsp3) is 0.636. The summed E-state index contributed by atoms with van der Waals surface area (Å²) in [5.74, 6) is -0.178. The SMILES string of the molecule is CCOC(=O)c1c(N)nsc1NCCC(C)SC. The van der Waals surface area contributed by atoms with Crippen molar-refractivity contribution >= 4 is 40.1 Å². The van der Waals surface area contributed by atoms with Crippen molar-refractivity contribution in [2.24, 2.45) is 0 Å². The van der Waals surface area contributed by atoms with Gasteiger partial charge in [-0.05, 0) is 31.1 Å². The van der Waals surface area contributed by atoms with Crippen LogP contribution in [-0.2, 0) is 4.74 Å². The average Bonchev–Trinajstić information content (AvgIpc) is 2.70. The molecule has 0 fully saturated rings.